The standard InChI is InChI=1S/C12H18F2IN3O3S/c1-17(2)8-16-22(20,21)18-5-3-11(4-6-18)10(9(19)7-15)12(11,13)14/h8,10H,3-7H2,1-2H3/t10-/m0/s1. The van der Waals surface area contributed by atoms with Crippen molar-refractivity contribution in [3.05, 3.63) is 0 Å². The van der Waals surface area contributed by atoms with Crippen LogP contribution in [-0.2, 0) is 15.0 Å². The molecule has 1 aliphatic heterocycles. The Labute approximate surface area is 142 Å². The first-order valence-corrected chi connectivity index (χ1v) is 9.69. The van der Waals surface area contributed by atoms with E-state index in [1.54, 1.807) is 36.7 Å². The van der Waals surface area contributed by atoms with E-state index >= 15 is 0 Å². The van der Waals surface area contributed by atoms with E-state index in [9.17, 15) is 22.0 Å². The van der Waals surface area contributed by atoms with Crippen molar-refractivity contribution in [1.82, 2.24) is 9.21 Å². The molecule has 1 atom stereocenters. The van der Waals surface area contributed by atoms with Crippen molar-refractivity contribution in [3.8, 4) is 0 Å². The van der Waals surface area contributed by atoms with Crippen LogP contribution in [0.3, 0.4) is 0 Å². The number of hydrogen-bond donors (Lipinski definition) is 0. The van der Waals surface area contributed by atoms with E-state index in [1.165, 1.54) is 4.90 Å². The zero-order valence-corrected chi connectivity index (χ0v) is 15.3. The molecule has 1 saturated carbocycles. The van der Waals surface area contributed by atoms with Gasteiger partial charge in [-0.25, -0.2) is 8.78 Å². The fourth-order valence-electron chi connectivity index (χ4n) is 3.06. The van der Waals surface area contributed by atoms with E-state index in [1.807, 2.05) is 0 Å². The number of hydrogen-bond acceptors (Lipinski definition) is 3. The molecule has 1 aliphatic carbocycles. The summed E-state index contributed by atoms with van der Waals surface area (Å²) in [6.07, 6.45) is 1.14. The summed E-state index contributed by atoms with van der Waals surface area (Å²) in [6.45, 7) is -0.0680. The second-order valence-electron chi connectivity index (χ2n) is 5.87. The average molecular weight is 449 g/mol. The van der Waals surface area contributed by atoms with Crippen LogP contribution >= 0.6 is 22.6 Å². The number of alkyl halides is 3. The molecule has 22 heavy (non-hydrogen) atoms. The van der Waals surface area contributed by atoms with Crippen LogP contribution in [0.25, 0.3) is 0 Å². The number of piperidine rings is 1. The summed E-state index contributed by atoms with van der Waals surface area (Å²) in [5.74, 6) is -4.72. The molecule has 1 heterocycles. The number of halogens is 3. The fourth-order valence-corrected chi connectivity index (χ4v) is 4.58. The Morgan fingerprint density at radius 3 is 2.41 bits per heavy atom. The fraction of sp³-hybridized carbons (Fsp3) is 0.833. The molecule has 2 fully saturated rings. The zero-order chi connectivity index (χ0) is 16.8. The first kappa shape index (κ1) is 18.0. The zero-order valence-electron chi connectivity index (χ0n) is 12.3. The number of Topliss-reactive ketones (excluding diaryl/α,β-unsaturated/α-hetero) is 1. The molecule has 1 spiro atoms. The highest BCUT2D eigenvalue weighted by Gasteiger charge is 2.82. The van der Waals surface area contributed by atoms with Crippen molar-refractivity contribution < 1.29 is 22.0 Å². The highest BCUT2D eigenvalue weighted by atomic mass is 127. The van der Waals surface area contributed by atoms with E-state index in [0.717, 1.165) is 10.6 Å². The van der Waals surface area contributed by atoms with E-state index in [-0.39, 0.29) is 30.4 Å². The molecule has 6 nitrogen and oxygen atoms in total. The van der Waals surface area contributed by atoms with Crippen molar-refractivity contribution in [2.75, 3.05) is 31.6 Å². The first-order chi connectivity index (χ1) is 10.1. The van der Waals surface area contributed by atoms with Crippen molar-refractivity contribution >= 4 is 44.9 Å². The number of carbonyl (C=O) groups excluding carboxylic acids is 1. The molecule has 0 aromatic carbocycles. The number of ketones is 1. The topological polar surface area (TPSA) is 70.1 Å². The summed E-state index contributed by atoms with van der Waals surface area (Å²) in [6, 6.07) is 0. The molecule has 0 aromatic rings. The lowest BCUT2D eigenvalue weighted by Gasteiger charge is -2.30. The Morgan fingerprint density at radius 2 is 1.95 bits per heavy atom. The maximum absolute atomic E-state index is 14.0. The van der Waals surface area contributed by atoms with E-state index in [0.29, 0.717) is 0 Å². The lowest BCUT2D eigenvalue weighted by atomic mass is 9.90. The lowest BCUT2D eigenvalue weighted by molar-refractivity contribution is -0.119. The van der Waals surface area contributed by atoms with Gasteiger partial charge in [0.2, 0.25) is 0 Å². The summed E-state index contributed by atoms with van der Waals surface area (Å²) in [4.78, 5) is 13.1. The molecule has 0 N–H and O–H groups in total. The molecule has 0 bridgehead atoms. The number of carbonyl (C=O) groups is 1. The Hall–Kier alpha value is -0.360. The molecular formula is C12H18F2IN3O3S. The van der Waals surface area contributed by atoms with Crippen LogP contribution in [0.5, 0.6) is 0 Å². The van der Waals surface area contributed by atoms with Crippen LogP contribution < -0.4 is 0 Å². The monoisotopic (exact) mass is 449 g/mol. The van der Waals surface area contributed by atoms with Gasteiger partial charge in [0.25, 0.3) is 5.92 Å². The maximum Gasteiger partial charge on any atom is 0.323 e. The van der Waals surface area contributed by atoms with Crippen LogP contribution in [0, 0.1) is 11.3 Å². The number of nitrogens with zero attached hydrogens (tertiary/aromatic N) is 3. The molecule has 2 aliphatic rings. The van der Waals surface area contributed by atoms with E-state index in [2.05, 4.69) is 4.40 Å². The van der Waals surface area contributed by atoms with Crippen molar-refractivity contribution in [1.29, 1.82) is 0 Å². The van der Waals surface area contributed by atoms with Gasteiger partial charge in [-0.1, -0.05) is 22.6 Å². The van der Waals surface area contributed by atoms with E-state index < -0.39 is 33.2 Å². The molecule has 0 unspecified atom stereocenters. The van der Waals surface area contributed by atoms with Gasteiger partial charge in [0, 0.05) is 27.2 Å². The van der Waals surface area contributed by atoms with Gasteiger partial charge in [-0.2, -0.15) is 12.7 Å². The van der Waals surface area contributed by atoms with Gasteiger partial charge >= 0.3 is 10.2 Å². The summed E-state index contributed by atoms with van der Waals surface area (Å²) < 4.78 is 56.7. The quantitative estimate of drug-likeness (QED) is 0.274. The van der Waals surface area contributed by atoms with Gasteiger partial charge in [-0.3, -0.25) is 4.79 Å². The molecule has 126 valence electrons. The highest BCUT2D eigenvalue weighted by molar-refractivity contribution is 14.1. The Morgan fingerprint density at radius 1 is 1.41 bits per heavy atom. The first-order valence-electron chi connectivity index (χ1n) is 6.77. The molecular weight excluding hydrogens is 431 g/mol. The molecule has 1 saturated heterocycles. The minimum atomic E-state index is -3.85. The third kappa shape index (κ3) is 2.88. The van der Waals surface area contributed by atoms with Gasteiger partial charge in [-0.15, -0.1) is 4.40 Å². The summed E-state index contributed by atoms with van der Waals surface area (Å²) >= 11 is 1.79. The minimum absolute atomic E-state index is 0.0102. The largest absolute Gasteiger partial charge is 0.368 e. The second kappa shape index (κ2) is 5.93. The summed E-state index contributed by atoms with van der Waals surface area (Å²) in [5.41, 5.74) is -1.35. The SMILES string of the molecule is CN(C)C=NS(=O)(=O)N1CCC2(CC1)[C@H](C(=O)CI)C2(F)F. The van der Waals surface area contributed by atoms with E-state index in [4.69, 9.17) is 0 Å². The van der Waals surface area contributed by atoms with Gasteiger partial charge in [0.05, 0.1) is 15.8 Å². The molecule has 0 radical (unpaired) electrons. The third-order valence-corrected chi connectivity index (χ3v) is 6.43. The van der Waals surface area contributed by atoms with Gasteiger partial charge in [0.1, 0.15) is 6.34 Å². The average Bonchev–Trinajstić information content (AvgIpc) is 2.91. The van der Waals surface area contributed by atoms with Crippen molar-refractivity contribution in [2.45, 2.75) is 18.8 Å². The predicted molar refractivity (Wildman–Crippen MR) is 86.7 cm³/mol. The second-order valence-corrected chi connectivity index (χ2v) is 8.26. The minimum Gasteiger partial charge on any atom is -0.368 e. The Balaban J connectivity index is 2.07. The highest BCUT2D eigenvalue weighted by Crippen LogP contribution is 2.71. The van der Waals surface area contributed by atoms with Crippen LogP contribution in [0.15, 0.2) is 4.40 Å². The van der Waals surface area contributed by atoms with Crippen LogP contribution in [0.1, 0.15) is 12.8 Å². The smallest absolute Gasteiger partial charge is 0.323 e. The van der Waals surface area contributed by atoms with Gasteiger partial charge < -0.3 is 4.90 Å². The van der Waals surface area contributed by atoms with Crippen LogP contribution in [0.2, 0.25) is 0 Å². The molecule has 0 aromatic heterocycles. The predicted octanol–water partition coefficient (Wildman–Crippen LogP) is 1.17. The van der Waals surface area contributed by atoms with Crippen LogP contribution in [0.4, 0.5) is 8.78 Å². The third-order valence-electron chi connectivity index (χ3n) is 4.30. The molecule has 10 heteroatoms. The van der Waals surface area contributed by atoms with Gasteiger partial charge in [-0.05, 0) is 12.8 Å². The maximum atomic E-state index is 14.0. The van der Waals surface area contributed by atoms with Crippen molar-refractivity contribution in [2.24, 2.45) is 15.7 Å². The molecule has 2 rings (SSSR count). The summed E-state index contributed by atoms with van der Waals surface area (Å²) in [5, 5.41) is 0. The van der Waals surface area contributed by atoms with Crippen molar-refractivity contribution in [3.63, 3.8) is 0 Å². The Kier molecular flexibility index (Phi) is 4.85. The summed E-state index contributed by atoms with van der Waals surface area (Å²) in [7, 11) is -0.583. The van der Waals surface area contributed by atoms with Gasteiger partial charge in [0.15, 0.2) is 5.78 Å². The Bertz CT molecular complexity index is 586. The molecule has 0 amide bonds. The number of rotatable bonds is 5. The van der Waals surface area contributed by atoms with Crippen LogP contribution in [-0.4, -0.2) is 67.3 Å². The lowest BCUT2D eigenvalue weighted by Crippen LogP contribution is -2.40. The normalized spacial score (nSPS) is 27.2.